The van der Waals surface area contributed by atoms with Gasteiger partial charge in [-0.2, -0.15) is 0 Å². The summed E-state index contributed by atoms with van der Waals surface area (Å²) in [6, 6.07) is 29.0. The number of halogens is 1. The molecule has 1 aliphatic rings. The molecule has 0 unspecified atom stereocenters. The van der Waals surface area contributed by atoms with Crippen molar-refractivity contribution in [2.75, 3.05) is 6.54 Å². The molecule has 3 nitrogen and oxygen atoms in total. The third-order valence-electron chi connectivity index (χ3n) is 6.39. The van der Waals surface area contributed by atoms with Crippen LogP contribution in [0.5, 0.6) is 5.75 Å². The van der Waals surface area contributed by atoms with Gasteiger partial charge in [-0.05, 0) is 64.7 Å². The normalized spacial score (nSPS) is 13.2. The highest BCUT2D eigenvalue weighted by atomic mass is 35.5. The number of ether oxygens (including phenoxy) is 1. The molecule has 6 rings (SSSR count). The Morgan fingerprint density at radius 2 is 1.73 bits per heavy atom. The monoisotopic (exact) mass is 450 g/mol. The molecule has 0 spiro atoms. The Morgan fingerprint density at radius 3 is 2.61 bits per heavy atom. The van der Waals surface area contributed by atoms with Crippen LogP contribution >= 0.6 is 11.6 Å². The van der Waals surface area contributed by atoms with Crippen molar-refractivity contribution in [2.45, 2.75) is 19.6 Å². The first-order valence-electron chi connectivity index (χ1n) is 11.3. The third-order valence-corrected chi connectivity index (χ3v) is 6.68. The van der Waals surface area contributed by atoms with Gasteiger partial charge in [0.05, 0.1) is 16.2 Å². The Kier molecular flexibility index (Phi) is 5.21. The van der Waals surface area contributed by atoms with Gasteiger partial charge in [-0.3, -0.25) is 0 Å². The average Bonchev–Trinajstić information content (AvgIpc) is 2.87. The van der Waals surface area contributed by atoms with Gasteiger partial charge in [0.15, 0.2) is 0 Å². The first-order chi connectivity index (χ1) is 16.3. The number of fused-ring (bicyclic) bond motifs is 5. The number of rotatable bonds is 4. The predicted octanol–water partition coefficient (Wildman–Crippen LogP) is 6.93. The second-order valence-electron chi connectivity index (χ2n) is 8.44. The van der Waals surface area contributed by atoms with Crippen LogP contribution in [-0.4, -0.2) is 11.5 Å². The number of hydrogen-bond acceptors (Lipinski definition) is 3. The SMILES string of the molecule is Clc1cc(-c2nc3ccc4ccccc4c3c3c2CNCC3)ccc1OCc1ccccc1. The fraction of sp³-hybridized carbons (Fsp3) is 0.138. The summed E-state index contributed by atoms with van der Waals surface area (Å²) in [5.41, 5.74) is 6.81. The molecule has 1 aliphatic heterocycles. The van der Waals surface area contributed by atoms with Crippen LogP contribution in [0.15, 0.2) is 84.9 Å². The highest BCUT2D eigenvalue weighted by molar-refractivity contribution is 6.32. The smallest absolute Gasteiger partial charge is 0.138 e. The van der Waals surface area contributed by atoms with Crippen LogP contribution < -0.4 is 10.1 Å². The van der Waals surface area contributed by atoms with Crippen molar-refractivity contribution in [3.05, 3.63) is 107 Å². The quantitative estimate of drug-likeness (QED) is 0.301. The fourth-order valence-corrected chi connectivity index (χ4v) is 5.02. The van der Waals surface area contributed by atoms with E-state index in [1.54, 1.807) is 0 Å². The van der Waals surface area contributed by atoms with Crippen LogP contribution in [0.3, 0.4) is 0 Å². The Bertz CT molecular complexity index is 1480. The summed E-state index contributed by atoms with van der Waals surface area (Å²) in [5.74, 6) is 0.683. The predicted molar refractivity (Wildman–Crippen MR) is 136 cm³/mol. The van der Waals surface area contributed by atoms with Gasteiger partial charge < -0.3 is 10.1 Å². The number of nitrogens with one attached hydrogen (secondary N) is 1. The van der Waals surface area contributed by atoms with E-state index in [1.807, 2.05) is 42.5 Å². The van der Waals surface area contributed by atoms with Crippen LogP contribution in [0, 0.1) is 0 Å². The Labute approximate surface area is 198 Å². The molecule has 0 aliphatic carbocycles. The molecule has 162 valence electrons. The summed E-state index contributed by atoms with van der Waals surface area (Å²) < 4.78 is 5.98. The zero-order valence-corrected chi connectivity index (χ0v) is 18.9. The largest absolute Gasteiger partial charge is 0.487 e. The highest BCUT2D eigenvalue weighted by Gasteiger charge is 2.21. The summed E-state index contributed by atoms with van der Waals surface area (Å²) >= 11 is 6.66. The van der Waals surface area contributed by atoms with Gasteiger partial charge in [-0.15, -0.1) is 0 Å². The maximum Gasteiger partial charge on any atom is 0.138 e. The minimum Gasteiger partial charge on any atom is -0.487 e. The lowest BCUT2D eigenvalue weighted by Gasteiger charge is -2.23. The van der Waals surface area contributed by atoms with Crippen molar-refractivity contribution in [2.24, 2.45) is 0 Å². The molecule has 0 saturated heterocycles. The average molecular weight is 451 g/mol. The molecule has 4 heteroatoms. The van der Waals surface area contributed by atoms with Crippen LogP contribution in [0.2, 0.25) is 5.02 Å². The van der Waals surface area contributed by atoms with E-state index in [0.717, 1.165) is 41.8 Å². The van der Waals surface area contributed by atoms with Crippen LogP contribution in [-0.2, 0) is 19.6 Å². The number of benzene rings is 4. The summed E-state index contributed by atoms with van der Waals surface area (Å²) in [7, 11) is 0. The molecule has 1 aromatic heterocycles. The lowest BCUT2D eigenvalue weighted by molar-refractivity contribution is 0.306. The van der Waals surface area contributed by atoms with Gasteiger partial charge in [0.2, 0.25) is 0 Å². The molecule has 2 heterocycles. The maximum absolute atomic E-state index is 6.66. The second kappa shape index (κ2) is 8.51. The third kappa shape index (κ3) is 3.74. The van der Waals surface area contributed by atoms with E-state index in [1.165, 1.54) is 27.3 Å². The molecule has 4 aromatic carbocycles. The summed E-state index contributed by atoms with van der Waals surface area (Å²) in [6.07, 6.45) is 0.987. The van der Waals surface area contributed by atoms with Gasteiger partial charge in [0.1, 0.15) is 12.4 Å². The first-order valence-corrected chi connectivity index (χ1v) is 11.7. The minimum absolute atomic E-state index is 0.487. The molecule has 0 atom stereocenters. The van der Waals surface area contributed by atoms with Crippen molar-refractivity contribution in [1.82, 2.24) is 10.3 Å². The zero-order chi connectivity index (χ0) is 22.2. The number of aromatic nitrogens is 1. The van der Waals surface area contributed by atoms with E-state index < -0.39 is 0 Å². The van der Waals surface area contributed by atoms with Gasteiger partial charge in [-0.1, -0.05) is 72.3 Å². The van der Waals surface area contributed by atoms with Crippen molar-refractivity contribution in [3.63, 3.8) is 0 Å². The molecule has 0 bridgehead atoms. The molecule has 5 aromatic rings. The lowest BCUT2D eigenvalue weighted by Crippen LogP contribution is -2.25. The minimum atomic E-state index is 0.487. The Balaban J connectivity index is 1.43. The van der Waals surface area contributed by atoms with E-state index in [2.05, 4.69) is 47.8 Å². The zero-order valence-electron chi connectivity index (χ0n) is 18.1. The molecule has 0 amide bonds. The van der Waals surface area contributed by atoms with E-state index in [4.69, 9.17) is 21.3 Å². The number of pyridine rings is 1. The molecule has 33 heavy (non-hydrogen) atoms. The Morgan fingerprint density at radius 1 is 0.879 bits per heavy atom. The topological polar surface area (TPSA) is 34.2 Å². The maximum atomic E-state index is 6.66. The Hall–Kier alpha value is -3.40. The van der Waals surface area contributed by atoms with E-state index in [0.29, 0.717) is 17.4 Å². The first kappa shape index (κ1) is 20.2. The standard InChI is InChI=1S/C29H23ClN2O/c30-25-16-21(11-13-27(25)33-18-19-6-2-1-3-7-19)29-24-17-31-15-14-23(24)28-22-9-5-4-8-20(22)10-12-26(28)32-29/h1-13,16,31H,14-15,17-18H2. The van der Waals surface area contributed by atoms with Crippen molar-refractivity contribution >= 4 is 33.3 Å². The van der Waals surface area contributed by atoms with Crippen LogP contribution in [0.25, 0.3) is 32.9 Å². The molecular weight excluding hydrogens is 428 g/mol. The molecule has 0 saturated carbocycles. The summed E-state index contributed by atoms with van der Waals surface area (Å²) in [6.45, 7) is 2.27. The molecule has 0 radical (unpaired) electrons. The summed E-state index contributed by atoms with van der Waals surface area (Å²) in [5, 5.41) is 7.94. The van der Waals surface area contributed by atoms with E-state index in [-0.39, 0.29) is 0 Å². The van der Waals surface area contributed by atoms with Gasteiger partial charge in [0, 0.05) is 17.5 Å². The van der Waals surface area contributed by atoms with Crippen LogP contribution in [0.1, 0.15) is 16.7 Å². The van der Waals surface area contributed by atoms with Gasteiger partial charge in [0.25, 0.3) is 0 Å². The van der Waals surface area contributed by atoms with E-state index in [9.17, 15) is 0 Å². The lowest BCUT2D eigenvalue weighted by atomic mass is 9.90. The van der Waals surface area contributed by atoms with Crippen LogP contribution in [0.4, 0.5) is 0 Å². The fourth-order valence-electron chi connectivity index (χ4n) is 4.78. The molecule has 1 N–H and O–H groups in total. The van der Waals surface area contributed by atoms with Crippen molar-refractivity contribution < 1.29 is 4.74 Å². The van der Waals surface area contributed by atoms with Gasteiger partial charge in [-0.25, -0.2) is 4.98 Å². The number of hydrogen-bond donors (Lipinski definition) is 1. The second-order valence-corrected chi connectivity index (χ2v) is 8.85. The van der Waals surface area contributed by atoms with Gasteiger partial charge >= 0.3 is 0 Å². The molecule has 0 fully saturated rings. The van der Waals surface area contributed by atoms with Crippen molar-refractivity contribution in [1.29, 1.82) is 0 Å². The highest BCUT2D eigenvalue weighted by Crippen LogP contribution is 2.38. The summed E-state index contributed by atoms with van der Waals surface area (Å²) in [4.78, 5) is 5.13. The molecular formula is C29H23ClN2O. The number of nitrogens with zero attached hydrogens (tertiary/aromatic N) is 1. The van der Waals surface area contributed by atoms with E-state index >= 15 is 0 Å². The van der Waals surface area contributed by atoms with Crippen molar-refractivity contribution in [3.8, 4) is 17.0 Å².